The molecule has 1 aromatic rings. The van der Waals surface area contributed by atoms with Crippen LogP contribution in [0.5, 0.6) is 0 Å². The molecule has 0 aromatic heterocycles. The van der Waals surface area contributed by atoms with E-state index in [0.717, 1.165) is 37.4 Å². The summed E-state index contributed by atoms with van der Waals surface area (Å²) in [5.74, 6) is -0.0313. The normalized spacial score (nSPS) is 15.9. The fraction of sp³-hybridized carbons (Fsp3) is 0.562. The molecule has 0 saturated heterocycles. The van der Waals surface area contributed by atoms with Gasteiger partial charge in [0.2, 0.25) is 5.91 Å². The van der Waals surface area contributed by atoms with Gasteiger partial charge in [0.25, 0.3) is 0 Å². The zero-order chi connectivity index (χ0) is 14.4. The number of carbonyl (C=O) groups is 1. The summed E-state index contributed by atoms with van der Waals surface area (Å²) < 4.78 is 5.17. The molecule has 1 fully saturated rings. The Morgan fingerprint density at radius 1 is 1.35 bits per heavy atom. The standard InChI is InChI=1S/C16H24N2O2/c1-13(19)18-15-6-4-3-5-14(15)11-17-12-16(7-8-16)9-10-20-2/h3-6,17H,7-12H2,1-2H3,(H,18,19). The summed E-state index contributed by atoms with van der Waals surface area (Å²) in [6.07, 6.45) is 3.71. The van der Waals surface area contributed by atoms with Gasteiger partial charge in [-0.25, -0.2) is 0 Å². The molecule has 0 heterocycles. The van der Waals surface area contributed by atoms with Crippen molar-refractivity contribution in [1.29, 1.82) is 0 Å². The molecule has 0 radical (unpaired) electrons. The Bertz CT molecular complexity index is 456. The van der Waals surface area contributed by atoms with Crippen LogP contribution in [0.25, 0.3) is 0 Å². The second-order valence-corrected chi connectivity index (χ2v) is 5.68. The minimum atomic E-state index is -0.0313. The van der Waals surface area contributed by atoms with Gasteiger partial charge < -0.3 is 15.4 Å². The highest BCUT2D eigenvalue weighted by atomic mass is 16.5. The highest BCUT2D eigenvalue weighted by Gasteiger charge is 2.41. The number of methoxy groups -OCH3 is 1. The number of ether oxygens (including phenoxy) is 1. The predicted molar refractivity (Wildman–Crippen MR) is 80.6 cm³/mol. The van der Waals surface area contributed by atoms with Gasteiger partial charge in [-0.3, -0.25) is 4.79 Å². The van der Waals surface area contributed by atoms with E-state index >= 15 is 0 Å². The van der Waals surface area contributed by atoms with E-state index in [2.05, 4.69) is 10.6 Å². The Morgan fingerprint density at radius 3 is 2.75 bits per heavy atom. The van der Waals surface area contributed by atoms with Crippen LogP contribution >= 0.6 is 0 Å². The SMILES string of the molecule is COCCC1(CNCc2ccccc2NC(C)=O)CC1. The second-order valence-electron chi connectivity index (χ2n) is 5.68. The minimum Gasteiger partial charge on any atom is -0.385 e. The van der Waals surface area contributed by atoms with Gasteiger partial charge in [-0.15, -0.1) is 0 Å². The number of para-hydroxylation sites is 1. The molecule has 0 bridgehead atoms. The highest BCUT2D eigenvalue weighted by molar-refractivity contribution is 5.89. The second kappa shape index (κ2) is 6.86. The Morgan fingerprint density at radius 2 is 2.10 bits per heavy atom. The lowest BCUT2D eigenvalue weighted by Crippen LogP contribution is -2.25. The van der Waals surface area contributed by atoms with Gasteiger partial charge in [0.05, 0.1) is 0 Å². The summed E-state index contributed by atoms with van der Waals surface area (Å²) in [6, 6.07) is 7.93. The Kier molecular flexibility index (Phi) is 5.15. The molecule has 1 aliphatic rings. The van der Waals surface area contributed by atoms with Crippen LogP contribution in [0.15, 0.2) is 24.3 Å². The molecule has 4 heteroatoms. The third-order valence-corrected chi connectivity index (χ3v) is 3.94. The van der Waals surface area contributed by atoms with Crippen molar-refractivity contribution in [3.8, 4) is 0 Å². The summed E-state index contributed by atoms with van der Waals surface area (Å²) in [4.78, 5) is 11.2. The molecule has 0 aliphatic heterocycles. The number of nitrogens with one attached hydrogen (secondary N) is 2. The molecule has 0 spiro atoms. The first-order valence-electron chi connectivity index (χ1n) is 7.20. The molecule has 20 heavy (non-hydrogen) atoms. The van der Waals surface area contributed by atoms with Crippen LogP contribution in [0, 0.1) is 5.41 Å². The maximum Gasteiger partial charge on any atom is 0.221 e. The molecule has 1 amide bonds. The smallest absolute Gasteiger partial charge is 0.221 e. The lowest BCUT2D eigenvalue weighted by atomic mass is 10.0. The van der Waals surface area contributed by atoms with Crippen LogP contribution in [-0.2, 0) is 16.1 Å². The zero-order valence-corrected chi connectivity index (χ0v) is 12.4. The van der Waals surface area contributed by atoms with Crippen molar-refractivity contribution >= 4 is 11.6 Å². The Labute approximate surface area is 120 Å². The third kappa shape index (κ3) is 4.32. The number of rotatable bonds is 8. The molecular weight excluding hydrogens is 252 g/mol. The van der Waals surface area contributed by atoms with Crippen molar-refractivity contribution in [3.63, 3.8) is 0 Å². The van der Waals surface area contributed by atoms with Crippen molar-refractivity contribution in [2.24, 2.45) is 5.41 Å². The molecule has 2 N–H and O–H groups in total. The Balaban J connectivity index is 1.83. The molecule has 0 unspecified atom stereocenters. The van der Waals surface area contributed by atoms with E-state index in [9.17, 15) is 4.79 Å². The summed E-state index contributed by atoms with van der Waals surface area (Å²) in [5.41, 5.74) is 2.47. The first kappa shape index (κ1) is 15.0. The molecule has 4 nitrogen and oxygen atoms in total. The maximum absolute atomic E-state index is 11.2. The topological polar surface area (TPSA) is 50.4 Å². The van der Waals surface area contributed by atoms with Gasteiger partial charge in [-0.1, -0.05) is 18.2 Å². The van der Waals surface area contributed by atoms with Gasteiger partial charge in [-0.2, -0.15) is 0 Å². The van der Waals surface area contributed by atoms with Crippen LogP contribution in [0.1, 0.15) is 31.7 Å². The number of benzene rings is 1. The van der Waals surface area contributed by atoms with E-state index < -0.39 is 0 Å². The lowest BCUT2D eigenvalue weighted by molar-refractivity contribution is -0.114. The molecule has 110 valence electrons. The summed E-state index contributed by atoms with van der Waals surface area (Å²) >= 11 is 0. The van der Waals surface area contributed by atoms with Crippen LogP contribution < -0.4 is 10.6 Å². The fourth-order valence-electron chi connectivity index (χ4n) is 2.46. The first-order chi connectivity index (χ1) is 9.65. The molecule has 1 aromatic carbocycles. The lowest BCUT2D eigenvalue weighted by Gasteiger charge is -2.16. The molecule has 1 aliphatic carbocycles. The molecule has 1 saturated carbocycles. The van der Waals surface area contributed by atoms with E-state index in [1.54, 1.807) is 7.11 Å². The van der Waals surface area contributed by atoms with Crippen molar-refractivity contribution in [3.05, 3.63) is 29.8 Å². The van der Waals surface area contributed by atoms with Crippen molar-refractivity contribution in [1.82, 2.24) is 5.32 Å². The number of hydrogen-bond acceptors (Lipinski definition) is 3. The number of anilines is 1. The number of amides is 1. The van der Waals surface area contributed by atoms with Crippen LogP contribution in [-0.4, -0.2) is 26.2 Å². The third-order valence-electron chi connectivity index (χ3n) is 3.94. The van der Waals surface area contributed by atoms with E-state index in [1.165, 1.54) is 19.8 Å². The molecule has 0 atom stereocenters. The van der Waals surface area contributed by atoms with Crippen molar-refractivity contribution in [2.45, 2.75) is 32.7 Å². The van der Waals surface area contributed by atoms with Crippen LogP contribution in [0.3, 0.4) is 0 Å². The largest absolute Gasteiger partial charge is 0.385 e. The highest BCUT2D eigenvalue weighted by Crippen LogP contribution is 2.48. The predicted octanol–water partition coefficient (Wildman–Crippen LogP) is 2.55. The number of hydrogen-bond donors (Lipinski definition) is 2. The first-order valence-corrected chi connectivity index (χ1v) is 7.20. The van der Waals surface area contributed by atoms with Gasteiger partial charge in [-0.05, 0) is 36.3 Å². The Hall–Kier alpha value is -1.39. The van der Waals surface area contributed by atoms with E-state index in [-0.39, 0.29) is 5.91 Å². The monoisotopic (exact) mass is 276 g/mol. The van der Waals surface area contributed by atoms with E-state index in [1.807, 2.05) is 24.3 Å². The fourth-order valence-corrected chi connectivity index (χ4v) is 2.46. The van der Waals surface area contributed by atoms with Gasteiger partial charge in [0.1, 0.15) is 0 Å². The van der Waals surface area contributed by atoms with Gasteiger partial charge >= 0.3 is 0 Å². The summed E-state index contributed by atoms with van der Waals surface area (Å²) in [7, 11) is 1.76. The van der Waals surface area contributed by atoms with E-state index in [0.29, 0.717) is 5.41 Å². The molecule has 2 rings (SSSR count). The summed E-state index contributed by atoms with van der Waals surface area (Å²) in [6.45, 7) is 4.17. The van der Waals surface area contributed by atoms with Crippen LogP contribution in [0.4, 0.5) is 5.69 Å². The van der Waals surface area contributed by atoms with Crippen LogP contribution in [0.2, 0.25) is 0 Å². The van der Waals surface area contributed by atoms with Gasteiger partial charge in [0.15, 0.2) is 0 Å². The minimum absolute atomic E-state index is 0.0313. The maximum atomic E-state index is 11.2. The van der Waals surface area contributed by atoms with Gasteiger partial charge in [0, 0.05) is 39.4 Å². The zero-order valence-electron chi connectivity index (χ0n) is 12.4. The number of carbonyl (C=O) groups excluding carboxylic acids is 1. The van der Waals surface area contributed by atoms with E-state index in [4.69, 9.17) is 4.74 Å². The average molecular weight is 276 g/mol. The quantitative estimate of drug-likeness (QED) is 0.767. The summed E-state index contributed by atoms with van der Waals surface area (Å²) in [5, 5.41) is 6.39. The van der Waals surface area contributed by atoms with Crippen molar-refractivity contribution in [2.75, 3.05) is 25.6 Å². The average Bonchev–Trinajstić information content (AvgIpc) is 3.18. The van der Waals surface area contributed by atoms with Crippen molar-refractivity contribution < 1.29 is 9.53 Å². The molecular formula is C16H24N2O2.